The van der Waals surface area contributed by atoms with Gasteiger partial charge in [0.05, 0.1) is 4.90 Å². The molecule has 1 aromatic rings. The van der Waals surface area contributed by atoms with Crippen LogP contribution in [0.3, 0.4) is 0 Å². The second kappa shape index (κ2) is 5.67. The molecule has 0 bridgehead atoms. The number of sulfonamides is 1. The summed E-state index contributed by atoms with van der Waals surface area (Å²) < 4.78 is 26.1. The lowest BCUT2D eigenvalue weighted by atomic mass is 10.1. The van der Waals surface area contributed by atoms with E-state index >= 15 is 0 Å². The lowest BCUT2D eigenvalue weighted by molar-refractivity contribution is 0.338. The molecule has 0 aliphatic heterocycles. The molecule has 0 spiro atoms. The SMILES string of the molecule is CC(C)CC(C)N(C)S(=O)(=O)c1ccnc(N)c1. The van der Waals surface area contributed by atoms with Gasteiger partial charge in [-0.15, -0.1) is 0 Å². The smallest absolute Gasteiger partial charge is 0.243 e. The van der Waals surface area contributed by atoms with E-state index in [9.17, 15) is 8.42 Å². The van der Waals surface area contributed by atoms with Crippen molar-refractivity contribution < 1.29 is 8.42 Å². The van der Waals surface area contributed by atoms with Gasteiger partial charge in [-0.2, -0.15) is 4.31 Å². The minimum absolute atomic E-state index is 0.0515. The van der Waals surface area contributed by atoms with Crippen LogP contribution in [-0.2, 0) is 10.0 Å². The standard InChI is InChI=1S/C12H21N3O2S/c1-9(2)7-10(3)15(4)18(16,17)11-5-6-14-12(13)8-11/h5-6,8-10H,7H2,1-4H3,(H2,13,14). The number of anilines is 1. The van der Waals surface area contributed by atoms with Crippen LogP contribution in [0.1, 0.15) is 27.2 Å². The van der Waals surface area contributed by atoms with Crippen molar-refractivity contribution in [3.8, 4) is 0 Å². The highest BCUT2D eigenvalue weighted by Crippen LogP contribution is 2.20. The second-order valence-corrected chi connectivity index (χ2v) is 6.91. The molecule has 0 amide bonds. The molecule has 0 radical (unpaired) electrons. The molecule has 1 unspecified atom stereocenters. The normalized spacial score (nSPS) is 14.1. The van der Waals surface area contributed by atoms with E-state index in [1.807, 2.05) is 6.92 Å². The van der Waals surface area contributed by atoms with E-state index in [1.54, 1.807) is 7.05 Å². The van der Waals surface area contributed by atoms with Crippen molar-refractivity contribution in [1.29, 1.82) is 0 Å². The number of nitrogen functional groups attached to an aromatic ring is 1. The van der Waals surface area contributed by atoms with Gasteiger partial charge in [-0.05, 0) is 25.3 Å². The first-order chi connectivity index (χ1) is 8.25. The number of hydrogen-bond donors (Lipinski definition) is 1. The Balaban J connectivity index is 3.00. The van der Waals surface area contributed by atoms with E-state index in [4.69, 9.17) is 5.73 Å². The van der Waals surface area contributed by atoms with E-state index in [2.05, 4.69) is 18.8 Å². The molecule has 0 aromatic carbocycles. The number of nitrogens with zero attached hydrogens (tertiary/aromatic N) is 2. The predicted octanol–water partition coefficient (Wildman–Crippen LogP) is 1.72. The van der Waals surface area contributed by atoms with E-state index in [0.29, 0.717) is 5.92 Å². The molecule has 0 saturated carbocycles. The molecule has 102 valence electrons. The van der Waals surface area contributed by atoms with Crippen LogP contribution < -0.4 is 5.73 Å². The van der Waals surface area contributed by atoms with Crippen LogP contribution in [0.4, 0.5) is 5.82 Å². The number of nitrogens with two attached hydrogens (primary N) is 1. The lowest BCUT2D eigenvalue weighted by Gasteiger charge is -2.25. The quantitative estimate of drug-likeness (QED) is 0.884. The first-order valence-corrected chi connectivity index (χ1v) is 7.38. The number of pyridine rings is 1. The molecule has 1 heterocycles. The van der Waals surface area contributed by atoms with Crippen molar-refractivity contribution in [3.05, 3.63) is 18.3 Å². The summed E-state index contributed by atoms with van der Waals surface area (Å²) in [5.41, 5.74) is 5.52. The molecule has 0 aliphatic carbocycles. The summed E-state index contributed by atoms with van der Waals surface area (Å²) in [5, 5.41) is 0. The maximum absolute atomic E-state index is 12.3. The van der Waals surface area contributed by atoms with Gasteiger partial charge in [-0.25, -0.2) is 13.4 Å². The first kappa shape index (κ1) is 14.9. The molecule has 0 saturated heterocycles. The van der Waals surface area contributed by atoms with Crippen LogP contribution in [0.25, 0.3) is 0 Å². The monoisotopic (exact) mass is 271 g/mol. The molecule has 0 aliphatic rings. The average Bonchev–Trinajstić information content (AvgIpc) is 2.27. The molecule has 6 heteroatoms. The van der Waals surface area contributed by atoms with Gasteiger partial charge in [0.15, 0.2) is 0 Å². The van der Waals surface area contributed by atoms with Crippen molar-refractivity contribution in [3.63, 3.8) is 0 Å². The third kappa shape index (κ3) is 3.43. The van der Waals surface area contributed by atoms with E-state index < -0.39 is 10.0 Å². The molecule has 2 N–H and O–H groups in total. The molecular formula is C12H21N3O2S. The molecular weight excluding hydrogens is 250 g/mol. The summed E-state index contributed by atoms with van der Waals surface area (Å²) in [6.45, 7) is 6.05. The molecule has 1 aromatic heterocycles. The maximum atomic E-state index is 12.3. The summed E-state index contributed by atoms with van der Waals surface area (Å²) in [7, 11) is -1.90. The summed E-state index contributed by atoms with van der Waals surface area (Å²) in [6.07, 6.45) is 2.22. The van der Waals surface area contributed by atoms with E-state index in [0.717, 1.165) is 6.42 Å². The summed E-state index contributed by atoms with van der Waals surface area (Å²) in [5.74, 6) is 0.654. The molecule has 1 atom stereocenters. The second-order valence-electron chi connectivity index (χ2n) is 4.92. The zero-order valence-corrected chi connectivity index (χ0v) is 12.1. The fraction of sp³-hybridized carbons (Fsp3) is 0.583. The van der Waals surface area contributed by atoms with E-state index in [-0.39, 0.29) is 16.8 Å². The van der Waals surface area contributed by atoms with Crippen molar-refractivity contribution in [2.24, 2.45) is 5.92 Å². The van der Waals surface area contributed by atoms with Crippen LogP contribution in [0.15, 0.2) is 23.2 Å². The van der Waals surface area contributed by atoms with Gasteiger partial charge in [-0.3, -0.25) is 0 Å². The largest absolute Gasteiger partial charge is 0.384 e. The molecule has 1 rings (SSSR count). The number of aromatic nitrogens is 1. The van der Waals surface area contributed by atoms with Gasteiger partial charge in [0, 0.05) is 25.4 Å². The maximum Gasteiger partial charge on any atom is 0.243 e. The topological polar surface area (TPSA) is 76.3 Å². The highest BCUT2D eigenvalue weighted by Gasteiger charge is 2.25. The van der Waals surface area contributed by atoms with Crippen LogP contribution in [-0.4, -0.2) is 30.8 Å². The minimum atomic E-state index is -3.49. The van der Waals surface area contributed by atoms with Crippen molar-refractivity contribution in [1.82, 2.24) is 9.29 Å². The first-order valence-electron chi connectivity index (χ1n) is 5.94. The van der Waals surface area contributed by atoms with Crippen LogP contribution in [0.2, 0.25) is 0 Å². The number of hydrogen-bond acceptors (Lipinski definition) is 4. The van der Waals surface area contributed by atoms with Crippen LogP contribution in [0.5, 0.6) is 0 Å². The minimum Gasteiger partial charge on any atom is -0.384 e. The third-order valence-electron chi connectivity index (χ3n) is 2.86. The average molecular weight is 271 g/mol. The van der Waals surface area contributed by atoms with Crippen LogP contribution in [0, 0.1) is 5.92 Å². The summed E-state index contributed by atoms with van der Waals surface area (Å²) in [6, 6.07) is 2.79. The highest BCUT2D eigenvalue weighted by molar-refractivity contribution is 7.89. The predicted molar refractivity (Wildman–Crippen MR) is 72.5 cm³/mol. The van der Waals surface area contributed by atoms with Gasteiger partial charge in [0.25, 0.3) is 0 Å². The van der Waals surface area contributed by atoms with Crippen LogP contribution >= 0.6 is 0 Å². The molecule has 5 nitrogen and oxygen atoms in total. The Morgan fingerprint density at radius 2 is 2.00 bits per heavy atom. The van der Waals surface area contributed by atoms with Crippen molar-refractivity contribution in [2.45, 2.75) is 38.1 Å². The summed E-state index contributed by atoms with van der Waals surface area (Å²) >= 11 is 0. The Morgan fingerprint density at radius 1 is 1.39 bits per heavy atom. The van der Waals surface area contributed by atoms with Gasteiger partial charge in [0.2, 0.25) is 10.0 Å². The Kier molecular flexibility index (Phi) is 4.70. The van der Waals surface area contributed by atoms with E-state index in [1.165, 1.54) is 22.6 Å². The molecule has 0 fully saturated rings. The third-order valence-corrected chi connectivity index (χ3v) is 4.83. The Morgan fingerprint density at radius 3 is 2.50 bits per heavy atom. The van der Waals surface area contributed by atoms with Crippen molar-refractivity contribution in [2.75, 3.05) is 12.8 Å². The van der Waals surface area contributed by atoms with Gasteiger partial charge >= 0.3 is 0 Å². The van der Waals surface area contributed by atoms with Gasteiger partial charge in [0.1, 0.15) is 5.82 Å². The molecule has 18 heavy (non-hydrogen) atoms. The lowest BCUT2D eigenvalue weighted by Crippen LogP contribution is -2.35. The Hall–Kier alpha value is -1.14. The Labute approximate surface area is 109 Å². The highest BCUT2D eigenvalue weighted by atomic mass is 32.2. The fourth-order valence-electron chi connectivity index (χ4n) is 1.82. The Bertz CT molecular complexity index is 500. The number of rotatable bonds is 5. The fourth-order valence-corrected chi connectivity index (χ4v) is 3.22. The zero-order chi connectivity index (χ0) is 13.9. The van der Waals surface area contributed by atoms with Gasteiger partial charge in [-0.1, -0.05) is 13.8 Å². The van der Waals surface area contributed by atoms with Gasteiger partial charge < -0.3 is 5.73 Å². The summed E-state index contributed by atoms with van der Waals surface area (Å²) in [4.78, 5) is 3.99. The zero-order valence-electron chi connectivity index (χ0n) is 11.3. The van der Waals surface area contributed by atoms with Crippen molar-refractivity contribution >= 4 is 15.8 Å².